The maximum Gasteiger partial charge on any atom is 0.266 e. The summed E-state index contributed by atoms with van der Waals surface area (Å²) in [6.45, 7) is 1.65. The minimum atomic E-state index is -3.84. The molecule has 18 heavy (non-hydrogen) atoms. The second-order valence-corrected chi connectivity index (χ2v) is 5.56. The molecule has 0 radical (unpaired) electrons. The van der Waals surface area contributed by atoms with E-state index in [1.165, 1.54) is 6.07 Å². The molecule has 1 aromatic heterocycles. The number of rotatable bonds is 3. The smallest absolute Gasteiger partial charge is 0.266 e. The zero-order valence-electron chi connectivity index (χ0n) is 9.31. The predicted molar refractivity (Wildman–Crippen MR) is 67.8 cm³/mol. The van der Waals surface area contributed by atoms with E-state index in [-0.39, 0.29) is 21.8 Å². The zero-order valence-corrected chi connectivity index (χ0v) is 10.9. The molecular formula is C9H10ClN5O2S. The zero-order chi connectivity index (χ0) is 13.3. The molecule has 4 N–H and O–H groups in total. The third kappa shape index (κ3) is 2.39. The van der Waals surface area contributed by atoms with Crippen molar-refractivity contribution in [1.82, 2.24) is 15.2 Å². The van der Waals surface area contributed by atoms with Gasteiger partial charge in [-0.3, -0.25) is 0 Å². The van der Waals surface area contributed by atoms with Gasteiger partial charge in [-0.2, -0.15) is 4.98 Å². The number of nitrogens with two attached hydrogens (primary N) is 1. The molecule has 0 aliphatic heterocycles. The van der Waals surface area contributed by atoms with Crippen LogP contribution in [0.4, 0.5) is 11.9 Å². The summed E-state index contributed by atoms with van der Waals surface area (Å²) in [5, 5.41) is 6.05. The number of aromatic amines is 1. The van der Waals surface area contributed by atoms with E-state index >= 15 is 0 Å². The summed E-state index contributed by atoms with van der Waals surface area (Å²) in [6, 6.07) is 4.81. The van der Waals surface area contributed by atoms with Crippen molar-refractivity contribution in [2.24, 2.45) is 0 Å². The number of benzene rings is 1. The Bertz CT molecular complexity index is 662. The van der Waals surface area contributed by atoms with Crippen molar-refractivity contribution in [1.29, 1.82) is 0 Å². The minimum absolute atomic E-state index is 0.00459. The molecule has 7 nitrogen and oxygen atoms in total. The predicted octanol–water partition coefficient (Wildman–Crippen LogP) is 1.15. The van der Waals surface area contributed by atoms with Crippen LogP contribution in [-0.2, 0) is 10.0 Å². The largest absolute Gasteiger partial charge is 0.368 e. The van der Waals surface area contributed by atoms with E-state index in [2.05, 4.69) is 19.9 Å². The summed E-state index contributed by atoms with van der Waals surface area (Å²) in [5.41, 5.74) is 5.83. The average molecular weight is 288 g/mol. The second-order valence-electron chi connectivity index (χ2n) is 3.54. The van der Waals surface area contributed by atoms with Gasteiger partial charge >= 0.3 is 0 Å². The van der Waals surface area contributed by atoms with Gasteiger partial charge < -0.3 is 5.73 Å². The molecule has 1 aromatic carbocycles. The van der Waals surface area contributed by atoms with E-state index in [0.29, 0.717) is 5.56 Å². The fourth-order valence-corrected chi connectivity index (χ4v) is 3.23. The summed E-state index contributed by atoms with van der Waals surface area (Å²) in [6.07, 6.45) is 0. The summed E-state index contributed by atoms with van der Waals surface area (Å²) in [5.74, 6) is -0.115. The van der Waals surface area contributed by atoms with Crippen LogP contribution in [0.15, 0.2) is 23.1 Å². The van der Waals surface area contributed by atoms with Gasteiger partial charge in [0.1, 0.15) is 4.90 Å². The maximum atomic E-state index is 12.1. The lowest BCUT2D eigenvalue weighted by Gasteiger charge is -2.09. The molecule has 0 atom stereocenters. The molecule has 2 aromatic rings. The lowest BCUT2D eigenvalue weighted by molar-refractivity contribution is 0.600. The van der Waals surface area contributed by atoms with Crippen molar-refractivity contribution in [3.8, 4) is 0 Å². The molecule has 0 aliphatic rings. The summed E-state index contributed by atoms with van der Waals surface area (Å²) in [7, 11) is -3.84. The van der Waals surface area contributed by atoms with E-state index in [0.717, 1.165) is 0 Å². The van der Waals surface area contributed by atoms with E-state index in [1.54, 1.807) is 19.1 Å². The Hall–Kier alpha value is -1.80. The summed E-state index contributed by atoms with van der Waals surface area (Å²) < 4.78 is 26.4. The van der Waals surface area contributed by atoms with Gasteiger partial charge in [0.2, 0.25) is 5.95 Å². The normalized spacial score (nSPS) is 11.4. The average Bonchev–Trinajstić information content (AvgIpc) is 2.62. The summed E-state index contributed by atoms with van der Waals surface area (Å²) in [4.78, 5) is 3.65. The number of halogens is 1. The van der Waals surface area contributed by atoms with Gasteiger partial charge in [0, 0.05) is 0 Å². The van der Waals surface area contributed by atoms with Crippen molar-refractivity contribution < 1.29 is 8.42 Å². The Labute approximate surface area is 108 Å². The first-order valence-electron chi connectivity index (χ1n) is 4.86. The highest BCUT2D eigenvalue weighted by molar-refractivity contribution is 7.92. The van der Waals surface area contributed by atoms with Crippen LogP contribution < -0.4 is 10.5 Å². The number of nitrogens with one attached hydrogen (secondary N) is 2. The van der Waals surface area contributed by atoms with Crippen molar-refractivity contribution in [2.75, 3.05) is 10.5 Å². The SMILES string of the molecule is Cc1cccc(Cl)c1S(=O)(=O)Nc1n[nH]c(N)n1. The molecule has 0 bridgehead atoms. The standard InChI is InChI=1S/C9H10ClN5O2S/c1-5-3-2-4-6(10)7(5)18(16,17)15-9-12-8(11)13-14-9/h2-4H,1H3,(H4,11,12,13,14,15). The number of anilines is 2. The third-order valence-corrected chi connectivity index (χ3v) is 4.12. The molecule has 1 heterocycles. The highest BCUT2D eigenvalue weighted by Gasteiger charge is 2.21. The van der Waals surface area contributed by atoms with Crippen molar-refractivity contribution in [3.05, 3.63) is 28.8 Å². The van der Waals surface area contributed by atoms with E-state index < -0.39 is 10.0 Å². The number of hydrogen-bond donors (Lipinski definition) is 3. The van der Waals surface area contributed by atoms with Crippen LogP contribution in [0, 0.1) is 6.92 Å². The number of aromatic nitrogens is 3. The molecule has 0 saturated carbocycles. The Kier molecular flexibility index (Phi) is 3.14. The monoisotopic (exact) mass is 287 g/mol. The Morgan fingerprint density at radius 1 is 1.44 bits per heavy atom. The third-order valence-electron chi connectivity index (χ3n) is 2.16. The highest BCUT2D eigenvalue weighted by Crippen LogP contribution is 2.25. The van der Waals surface area contributed by atoms with Gasteiger partial charge in [0.05, 0.1) is 5.02 Å². The fraction of sp³-hybridized carbons (Fsp3) is 0.111. The van der Waals surface area contributed by atoms with Crippen LogP contribution in [-0.4, -0.2) is 23.6 Å². The van der Waals surface area contributed by atoms with Crippen molar-refractivity contribution in [3.63, 3.8) is 0 Å². The lowest BCUT2D eigenvalue weighted by Crippen LogP contribution is -2.15. The molecule has 0 aliphatic carbocycles. The number of H-pyrrole nitrogens is 1. The number of hydrogen-bond acceptors (Lipinski definition) is 5. The molecule has 0 fully saturated rings. The molecule has 9 heteroatoms. The maximum absolute atomic E-state index is 12.1. The van der Waals surface area contributed by atoms with Crippen LogP contribution >= 0.6 is 11.6 Å². The van der Waals surface area contributed by atoms with Gasteiger partial charge in [-0.05, 0) is 18.6 Å². The van der Waals surface area contributed by atoms with E-state index in [4.69, 9.17) is 17.3 Å². The van der Waals surface area contributed by atoms with Crippen LogP contribution in [0.2, 0.25) is 5.02 Å². The Morgan fingerprint density at radius 3 is 2.72 bits per heavy atom. The lowest BCUT2D eigenvalue weighted by atomic mass is 10.2. The van der Waals surface area contributed by atoms with Crippen LogP contribution in [0.25, 0.3) is 0 Å². The molecular weight excluding hydrogens is 278 g/mol. The van der Waals surface area contributed by atoms with Crippen LogP contribution in [0.5, 0.6) is 0 Å². The minimum Gasteiger partial charge on any atom is -0.368 e. The fourth-order valence-electron chi connectivity index (χ4n) is 1.45. The molecule has 0 unspecified atom stereocenters. The second kappa shape index (κ2) is 4.46. The first kappa shape index (κ1) is 12.7. The first-order valence-corrected chi connectivity index (χ1v) is 6.72. The summed E-state index contributed by atoms with van der Waals surface area (Å²) >= 11 is 5.89. The van der Waals surface area contributed by atoms with Crippen LogP contribution in [0.3, 0.4) is 0 Å². The Morgan fingerprint density at radius 2 is 2.17 bits per heavy atom. The van der Waals surface area contributed by atoms with Crippen LogP contribution in [0.1, 0.15) is 5.56 Å². The Balaban J connectivity index is 2.43. The van der Waals surface area contributed by atoms with E-state index in [1.807, 2.05) is 0 Å². The van der Waals surface area contributed by atoms with Gasteiger partial charge in [-0.25, -0.2) is 18.2 Å². The van der Waals surface area contributed by atoms with Gasteiger partial charge in [0.15, 0.2) is 0 Å². The topological polar surface area (TPSA) is 114 Å². The molecule has 0 saturated heterocycles. The van der Waals surface area contributed by atoms with Gasteiger partial charge in [-0.15, -0.1) is 5.10 Å². The molecule has 0 amide bonds. The quantitative estimate of drug-likeness (QED) is 0.783. The number of nitrogen functional groups attached to an aromatic ring is 1. The van der Waals surface area contributed by atoms with Crippen molar-refractivity contribution in [2.45, 2.75) is 11.8 Å². The molecule has 96 valence electrons. The van der Waals surface area contributed by atoms with Crippen molar-refractivity contribution >= 4 is 33.5 Å². The van der Waals surface area contributed by atoms with E-state index in [9.17, 15) is 8.42 Å². The number of sulfonamides is 1. The van der Waals surface area contributed by atoms with Gasteiger partial charge in [0.25, 0.3) is 16.0 Å². The number of aryl methyl sites for hydroxylation is 1. The first-order chi connectivity index (χ1) is 8.40. The molecule has 0 spiro atoms. The highest BCUT2D eigenvalue weighted by atomic mass is 35.5. The molecule has 2 rings (SSSR count). The number of nitrogens with zero attached hydrogens (tertiary/aromatic N) is 2. The van der Waals surface area contributed by atoms with Gasteiger partial charge in [-0.1, -0.05) is 23.7 Å².